The van der Waals surface area contributed by atoms with E-state index >= 15 is 0 Å². The molecule has 1 aliphatic heterocycles. The number of fused-ring (bicyclic) bond motifs is 1. The highest BCUT2D eigenvalue weighted by Crippen LogP contribution is 2.25. The lowest BCUT2D eigenvalue weighted by Crippen LogP contribution is -2.44. The minimum absolute atomic E-state index is 0. The van der Waals surface area contributed by atoms with Gasteiger partial charge in [-0.15, -0.1) is 24.0 Å². The van der Waals surface area contributed by atoms with Gasteiger partial charge in [0, 0.05) is 26.1 Å². The molecular formula is C18H28IN3O. The maximum atomic E-state index is 5.55. The summed E-state index contributed by atoms with van der Waals surface area (Å²) in [5.41, 5.74) is 2.71. The zero-order valence-corrected chi connectivity index (χ0v) is 16.3. The van der Waals surface area contributed by atoms with Crippen molar-refractivity contribution in [2.75, 3.05) is 20.2 Å². The van der Waals surface area contributed by atoms with E-state index < -0.39 is 0 Å². The van der Waals surface area contributed by atoms with Crippen molar-refractivity contribution >= 4 is 29.9 Å². The lowest BCUT2D eigenvalue weighted by atomic mass is 9.96. The largest absolute Gasteiger partial charge is 0.493 e. The van der Waals surface area contributed by atoms with Crippen LogP contribution in [0.2, 0.25) is 0 Å². The molecule has 2 aliphatic rings. The third-order valence-corrected chi connectivity index (χ3v) is 4.63. The molecule has 0 bridgehead atoms. The predicted octanol–water partition coefficient (Wildman–Crippen LogP) is 3.28. The minimum Gasteiger partial charge on any atom is -0.493 e. The molecule has 128 valence electrons. The topological polar surface area (TPSA) is 45.7 Å². The zero-order valence-electron chi connectivity index (χ0n) is 13.9. The van der Waals surface area contributed by atoms with Gasteiger partial charge in [0.2, 0.25) is 0 Å². The number of aliphatic imine (C=N–C) groups is 1. The van der Waals surface area contributed by atoms with Crippen LogP contribution in [0.15, 0.2) is 23.2 Å². The first-order valence-corrected chi connectivity index (χ1v) is 8.57. The van der Waals surface area contributed by atoms with E-state index in [1.54, 1.807) is 0 Å². The third-order valence-electron chi connectivity index (χ3n) is 4.63. The number of guanidine groups is 1. The van der Waals surface area contributed by atoms with Crippen molar-refractivity contribution in [3.63, 3.8) is 0 Å². The van der Waals surface area contributed by atoms with E-state index in [0.717, 1.165) is 37.7 Å². The molecule has 0 saturated heterocycles. The quantitative estimate of drug-likeness (QED) is 0.439. The fourth-order valence-corrected chi connectivity index (χ4v) is 3.36. The molecule has 4 nitrogen and oxygen atoms in total. The summed E-state index contributed by atoms with van der Waals surface area (Å²) in [5.74, 6) is 2.00. The summed E-state index contributed by atoms with van der Waals surface area (Å²) >= 11 is 0. The summed E-state index contributed by atoms with van der Waals surface area (Å²) in [7, 11) is 1.85. The maximum absolute atomic E-state index is 5.55. The molecule has 0 aromatic heterocycles. The summed E-state index contributed by atoms with van der Waals surface area (Å²) in [6.07, 6.45) is 8.65. The van der Waals surface area contributed by atoms with Crippen LogP contribution in [0.3, 0.4) is 0 Å². The van der Waals surface area contributed by atoms with Gasteiger partial charge in [-0.25, -0.2) is 0 Å². The summed E-state index contributed by atoms with van der Waals surface area (Å²) in [5, 5.41) is 6.99. The molecule has 0 unspecified atom stereocenters. The minimum atomic E-state index is 0. The summed E-state index contributed by atoms with van der Waals surface area (Å²) in [4.78, 5) is 4.35. The molecule has 1 fully saturated rings. The molecule has 0 radical (unpaired) electrons. The Hall–Kier alpha value is -0.980. The lowest BCUT2D eigenvalue weighted by Gasteiger charge is -2.24. The molecule has 1 saturated carbocycles. The van der Waals surface area contributed by atoms with Crippen LogP contribution in [-0.2, 0) is 12.8 Å². The van der Waals surface area contributed by atoms with Gasteiger partial charge in [-0.3, -0.25) is 4.99 Å². The molecule has 1 heterocycles. The number of benzene rings is 1. The SMILES string of the molecule is CN=C(NCCc1ccc2c(c1)CCO2)NC1CCCCC1.I. The Morgan fingerprint density at radius 2 is 2.09 bits per heavy atom. The van der Waals surface area contributed by atoms with E-state index in [9.17, 15) is 0 Å². The number of rotatable bonds is 4. The van der Waals surface area contributed by atoms with Crippen LogP contribution in [0.25, 0.3) is 0 Å². The first-order chi connectivity index (χ1) is 10.8. The van der Waals surface area contributed by atoms with E-state index in [2.05, 4.69) is 33.8 Å². The van der Waals surface area contributed by atoms with Crippen LogP contribution in [0, 0.1) is 0 Å². The van der Waals surface area contributed by atoms with Crippen LogP contribution in [0.4, 0.5) is 0 Å². The summed E-state index contributed by atoms with van der Waals surface area (Å²) in [6.45, 7) is 1.74. The monoisotopic (exact) mass is 429 g/mol. The van der Waals surface area contributed by atoms with Gasteiger partial charge in [-0.1, -0.05) is 31.4 Å². The standard InChI is InChI=1S/C18H27N3O.HI/c1-19-18(21-16-5-3-2-4-6-16)20-11-9-14-7-8-17-15(13-14)10-12-22-17;/h7-8,13,16H,2-6,9-12H2,1H3,(H2,19,20,21);1H. The lowest BCUT2D eigenvalue weighted by molar-refractivity contribution is 0.357. The third kappa shape index (κ3) is 5.26. The molecule has 3 rings (SSSR count). The molecule has 2 N–H and O–H groups in total. The molecule has 0 amide bonds. The number of hydrogen-bond donors (Lipinski definition) is 2. The highest BCUT2D eigenvalue weighted by Gasteiger charge is 2.14. The Bertz CT molecular complexity index is 527. The second-order valence-electron chi connectivity index (χ2n) is 6.27. The number of nitrogens with zero attached hydrogens (tertiary/aromatic N) is 1. The van der Waals surface area contributed by atoms with Crippen LogP contribution in [0.5, 0.6) is 5.75 Å². The molecule has 1 aromatic carbocycles. The van der Waals surface area contributed by atoms with Crippen molar-refractivity contribution < 1.29 is 4.74 Å². The van der Waals surface area contributed by atoms with Crippen molar-refractivity contribution in [1.29, 1.82) is 0 Å². The van der Waals surface area contributed by atoms with E-state index in [0.29, 0.717) is 6.04 Å². The van der Waals surface area contributed by atoms with Gasteiger partial charge in [0.05, 0.1) is 6.61 Å². The van der Waals surface area contributed by atoms with Crippen LogP contribution >= 0.6 is 24.0 Å². The molecule has 23 heavy (non-hydrogen) atoms. The second kappa shape index (κ2) is 9.35. The van der Waals surface area contributed by atoms with E-state index in [1.165, 1.54) is 43.2 Å². The molecule has 1 aliphatic carbocycles. The zero-order chi connectivity index (χ0) is 15.2. The van der Waals surface area contributed by atoms with Gasteiger partial charge >= 0.3 is 0 Å². The van der Waals surface area contributed by atoms with Crippen molar-refractivity contribution in [2.45, 2.75) is 51.0 Å². The fraction of sp³-hybridized carbons (Fsp3) is 0.611. The Morgan fingerprint density at radius 3 is 2.87 bits per heavy atom. The highest BCUT2D eigenvalue weighted by molar-refractivity contribution is 14.0. The van der Waals surface area contributed by atoms with Crippen molar-refractivity contribution in [3.8, 4) is 5.75 Å². The van der Waals surface area contributed by atoms with Crippen LogP contribution in [0.1, 0.15) is 43.2 Å². The van der Waals surface area contributed by atoms with Crippen LogP contribution in [-0.4, -0.2) is 32.2 Å². The number of halogens is 1. The predicted molar refractivity (Wildman–Crippen MR) is 106 cm³/mol. The average molecular weight is 429 g/mol. The maximum Gasteiger partial charge on any atom is 0.191 e. The Balaban J connectivity index is 0.00000192. The van der Waals surface area contributed by atoms with Gasteiger partial charge in [-0.2, -0.15) is 0 Å². The number of nitrogens with one attached hydrogen (secondary N) is 2. The molecular weight excluding hydrogens is 401 g/mol. The van der Waals surface area contributed by atoms with Crippen molar-refractivity contribution in [2.24, 2.45) is 4.99 Å². The molecule has 1 aromatic rings. The molecule has 5 heteroatoms. The van der Waals surface area contributed by atoms with Gasteiger partial charge in [0.25, 0.3) is 0 Å². The van der Waals surface area contributed by atoms with Crippen LogP contribution < -0.4 is 15.4 Å². The molecule has 0 atom stereocenters. The summed E-state index contributed by atoms with van der Waals surface area (Å²) < 4.78 is 5.55. The van der Waals surface area contributed by atoms with Crippen molar-refractivity contribution in [1.82, 2.24) is 10.6 Å². The van der Waals surface area contributed by atoms with E-state index in [-0.39, 0.29) is 24.0 Å². The highest BCUT2D eigenvalue weighted by atomic mass is 127. The average Bonchev–Trinajstić information content (AvgIpc) is 3.02. The Kier molecular flexibility index (Phi) is 7.46. The Morgan fingerprint density at radius 1 is 1.26 bits per heavy atom. The van der Waals surface area contributed by atoms with Gasteiger partial charge in [0.15, 0.2) is 5.96 Å². The molecule has 0 spiro atoms. The van der Waals surface area contributed by atoms with Crippen molar-refractivity contribution in [3.05, 3.63) is 29.3 Å². The summed E-state index contributed by atoms with van der Waals surface area (Å²) in [6, 6.07) is 7.15. The normalized spacial score (nSPS) is 17.9. The first-order valence-electron chi connectivity index (χ1n) is 8.57. The number of ether oxygens (including phenoxy) is 1. The smallest absolute Gasteiger partial charge is 0.191 e. The number of hydrogen-bond acceptors (Lipinski definition) is 2. The van der Waals surface area contributed by atoms with E-state index in [4.69, 9.17) is 4.74 Å². The fourth-order valence-electron chi connectivity index (χ4n) is 3.36. The van der Waals surface area contributed by atoms with Gasteiger partial charge < -0.3 is 15.4 Å². The Labute approximate surface area is 156 Å². The van der Waals surface area contributed by atoms with Gasteiger partial charge in [0.1, 0.15) is 5.75 Å². The second-order valence-corrected chi connectivity index (χ2v) is 6.27. The van der Waals surface area contributed by atoms with Gasteiger partial charge in [-0.05, 0) is 36.5 Å². The van der Waals surface area contributed by atoms with E-state index in [1.807, 2.05) is 7.05 Å². The first kappa shape index (κ1) is 18.4.